The van der Waals surface area contributed by atoms with E-state index < -0.39 is 0 Å². The Morgan fingerprint density at radius 1 is 1.24 bits per heavy atom. The summed E-state index contributed by atoms with van der Waals surface area (Å²) in [5.74, 6) is 1.36. The highest BCUT2D eigenvalue weighted by Crippen LogP contribution is 2.33. The summed E-state index contributed by atoms with van der Waals surface area (Å²) in [6.07, 6.45) is 3.76. The fraction of sp³-hybridized carbons (Fsp3) is 0.350. The minimum Gasteiger partial charge on any atom is -0.468 e. The van der Waals surface area contributed by atoms with Crippen LogP contribution in [0.3, 0.4) is 0 Å². The molecule has 2 aromatic heterocycles. The van der Waals surface area contributed by atoms with Gasteiger partial charge in [0.1, 0.15) is 11.3 Å². The summed E-state index contributed by atoms with van der Waals surface area (Å²) in [5, 5.41) is 10.2. The minimum atomic E-state index is -0.387. The first-order valence-electron chi connectivity index (χ1n) is 9.50. The smallest absolute Gasteiger partial charge is 0.341 e. The molecule has 1 aromatic carbocycles. The van der Waals surface area contributed by atoms with Crippen molar-refractivity contribution < 1.29 is 13.9 Å². The molecule has 0 aliphatic carbocycles. The Morgan fingerprint density at radius 3 is 2.79 bits per heavy atom. The summed E-state index contributed by atoms with van der Waals surface area (Å²) in [6.45, 7) is 3.98. The van der Waals surface area contributed by atoms with Gasteiger partial charge in [-0.1, -0.05) is 35.5 Å². The number of halogens is 1. The third-order valence-electron chi connectivity index (χ3n) is 4.67. The first kappa shape index (κ1) is 19.8. The maximum atomic E-state index is 12.1. The summed E-state index contributed by atoms with van der Waals surface area (Å²) < 4.78 is 12.6. The maximum absolute atomic E-state index is 12.1. The average Bonchev–Trinajstić information content (AvgIpc) is 3.46. The number of esters is 1. The monoisotopic (exact) mass is 432 g/mol. The van der Waals surface area contributed by atoms with Crippen LogP contribution in [0.5, 0.6) is 0 Å². The van der Waals surface area contributed by atoms with E-state index in [1.165, 1.54) is 18.0 Å². The Kier molecular flexibility index (Phi) is 6.10. The Bertz CT molecular complexity index is 997. The van der Waals surface area contributed by atoms with Gasteiger partial charge in [0.2, 0.25) is 5.95 Å². The third kappa shape index (κ3) is 4.13. The number of carbonyl (C=O) groups is 1. The molecular formula is C20H21ClN4O3S. The van der Waals surface area contributed by atoms with Crippen LogP contribution in [0.1, 0.15) is 35.9 Å². The van der Waals surface area contributed by atoms with Crippen LogP contribution in [0, 0.1) is 0 Å². The van der Waals surface area contributed by atoms with Crippen molar-refractivity contribution in [3.05, 3.63) is 52.9 Å². The molecule has 0 amide bonds. The van der Waals surface area contributed by atoms with Gasteiger partial charge in [0, 0.05) is 13.1 Å². The lowest BCUT2D eigenvalue weighted by molar-refractivity contribution is 0.0524. The third-order valence-corrected chi connectivity index (χ3v) is 5.92. The fourth-order valence-electron chi connectivity index (χ4n) is 3.29. The second-order valence-electron chi connectivity index (χ2n) is 6.53. The van der Waals surface area contributed by atoms with Crippen molar-refractivity contribution >= 4 is 35.3 Å². The lowest BCUT2D eigenvalue weighted by atomic mass is 10.3. The van der Waals surface area contributed by atoms with Crippen LogP contribution < -0.4 is 4.90 Å². The topological polar surface area (TPSA) is 73.4 Å². The van der Waals surface area contributed by atoms with Crippen molar-refractivity contribution in [2.45, 2.75) is 30.7 Å². The summed E-state index contributed by atoms with van der Waals surface area (Å²) in [6, 6.07) is 9.26. The molecule has 0 saturated carbocycles. The molecule has 3 aromatic rings. The average molecular weight is 433 g/mol. The number of para-hydroxylation sites is 1. The van der Waals surface area contributed by atoms with Crippen LogP contribution in [0.15, 0.2) is 46.2 Å². The second kappa shape index (κ2) is 8.92. The van der Waals surface area contributed by atoms with E-state index in [1.54, 1.807) is 13.0 Å². The van der Waals surface area contributed by atoms with Gasteiger partial charge in [-0.15, -0.1) is 10.2 Å². The van der Waals surface area contributed by atoms with Crippen molar-refractivity contribution in [1.82, 2.24) is 14.8 Å². The summed E-state index contributed by atoms with van der Waals surface area (Å²) in [5.41, 5.74) is 1.26. The lowest BCUT2D eigenvalue weighted by Gasteiger charge is -2.19. The zero-order valence-corrected chi connectivity index (χ0v) is 17.6. The van der Waals surface area contributed by atoms with E-state index in [4.69, 9.17) is 20.8 Å². The number of aromatic nitrogens is 3. The first-order valence-corrected chi connectivity index (χ1v) is 10.9. The molecule has 1 aliphatic heterocycles. The zero-order chi connectivity index (χ0) is 20.2. The molecule has 9 heteroatoms. The maximum Gasteiger partial charge on any atom is 0.341 e. The van der Waals surface area contributed by atoms with Crippen LogP contribution in [0.25, 0.3) is 5.69 Å². The van der Waals surface area contributed by atoms with E-state index in [9.17, 15) is 4.79 Å². The molecule has 3 heterocycles. The van der Waals surface area contributed by atoms with Crippen molar-refractivity contribution in [3.63, 3.8) is 0 Å². The zero-order valence-electron chi connectivity index (χ0n) is 16.0. The number of rotatable bonds is 7. The van der Waals surface area contributed by atoms with Crippen molar-refractivity contribution in [2.24, 2.45) is 0 Å². The molecule has 0 atom stereocenters. The van der Waals surface area contributed by atoms with Gasteiger partial charge < -0.3 is 14.1 Å². The highest BCUT2D eigenvalue weighted by molar-refractivity contribution is 7.98. The molecule has 0 radical (unpaired) electrons. The van der Waals surface area contributed by atoms with Crippen LogP contribution >= 0.6 is 23.4 Å². The molecule has 0 unspecified atom stereocenters. The number of thioether (sulfide) groups is 1. The largest absolute Gasteiger partial charge is 0.468 e. The Balaban J connectivity index is 1.64. The van der Waals surface area contributed by atoms with Gasteiger partial charge in [0.05, 0.1) is 29.3 Å². The summed E-state index contributed by atoms with van der Waals surface area (Å²) in [7, 11) is 0. The highest BCUT2D eigenvalue weighted by atomic mass is 35.5. The molecule has 29 heavy (non-hydrogen) atoms. The van der Waals surface area contributed by atoms with Gasteiger partial charge in [0.25, 0.3) is 0 Å². The first-order chi connectivity index (χ1) is 14.2. The molecule has 0 bridgehead atoms. The number of ether oxygens (including phenoxy) is 1. The van der Waals surface area contributed by atoms with Gasteiger partial charge in [-0.05, 0) is 38.0 Å². The summed E-state index contributed by atoms with van der Waals surface area (Å²) >= 11 is 7.92. The number of benzene rings is 1. The number of anilines is 1. The van der Waals surface area contributed by atoms with Crippen LogP contribution in [-0.2, 0) is 10.5 Å². The van der Waals surface area contributed by atoms with E-state index >= 15 is 0 Å². The fourth-order valence-corrected chi connectivity index (χ4v) is 4.41. The van der Waals surface area contributed by atoms with Gasteiger partial charge in [-0.2, -0.15) is 0 Å². The number of nitrogens with zero attached hydrogens (tertiary/aromatic N) is 4. The Morgan fingerprint density at radius 2 is 2.03 bits per heavy atom. The molecule has 0 N–H and O–H groups in total. The van der Waals surface area contributed by atoms with Gasteiger partial charge in [-0.25, -0.2) is 4.79 Å². The summed E-state index contributed by atoms with van der Waals surface area (Å²) in [4.78, 5) is 14.3. The molecular weight excluding hydrogens is 412 g/mol. The number of hydrogen-bond acceptors (Lipinski definition) is 7. The van der Waals surface area contributed by atoms with Crippen LogP contribution in [0.2, 0.25) is 5.02 Å². The SMILES string of the molecule is CCOC(=O)c1ccoc1CSc1nnc(N2CCCC2)n1-c1ccccc1Cl. The molecule has 152 valence electrons. The van der Waals surface area contributed by atoms with Crippen molar-refractivity contribution in [3.8, 4) is 5.69 Å². The predicted octanol–water partition coefficient (Wildman–Crippen LogP) is 4.58. The molecule has 4 rings (SSSR count). The van der Waals surface area contributed by atoms with Crippen LogP contribution in [-0.4, -0.2) is 40.4 Å². The van der Waals surface area contributed by atoms with E-state index in [0.717, 1.165) is 37.6 Å². The van der Waals surface area contributed by atoms with Crippen molar-refractivity contribution in [1.29, 1.82) is 0 Å². The second-order valence-corrected chi connectivity index (χ2v) is 7.88. The van der Waals surface area contributed by atoms with Crippen molar-refractivity contribution in [2.75, 3.05) is 24.6 Å². The van der Waals surface area contributed by atoms with E-state index in [-0.39, 0.29) is 5.97 Å². The molecule has 7 nitrogen and oxygen atoms in total. The van der Waals surface area contributed by atoms with Gasteiger partial charge in [-0.3, -0.25) is 4.57 Å². The number of furan rings is 1. The predicted molar refractivity (Wildman–Crippen MR) is 112 cm³/mol. The van der Waals surface area contributed by atoms with E-state index in [0.29, 0.717) is 33.9 Å². The van der Waals surface area contributed by atoms with E-state index in [1.807, 2.05) is 28.8 Å². The number of hydrogen-bond donors (Lipinski definition) is 0. The minimum absolute atomic E-state index is 0.316. The highest BCUT2D eigenvalue weighted by Gasteiger charge is 2.24. The van der Waals surface area contributed by atoms with E-state index in [2.05, 4.69) is 15.1 Å². The quantitative estimate of drug-likeness (QED) is 0.399. The molecule has 1 aliphatic rings. The Hall–Kier alpha value is -2.45. The number of carbonyl (C=O) groups excluding carboxylic acids is 1. The molecule has 1 fully saturated rings. The van der Waals surface area contributed by atoms with Gasteiger partial charge in [0.15, 0.2) is 5.16 Å². The van der Waals surface area contributed by atoms with Gasteiger partial charge >= 0.3 is 5.97 Å². The normalized spacial score (nSPS) is 13.8. The molecule has 0 spiro atoms. The van der Waals surface area contributed by atoms with Crippen LogP contribution in [0.4, 0.5) is 5.95 Å². The molecule has 1 saturated heterocycles. The lowest BCUT2D eigenvalue weighted by Crippen LogP contribution is -2.22. The Labute approximate surface area is 178 Å². The standard InChI is InChI=1S/C20H21ClN4O3S/c1-2-27-18(26)14-9-12-28-17(14)13-29-20-23-22-19(24-10-5-6-11-24)25(20)16-8-4-3-7-15(16)21/h3-4,7-9,12H,2,5-6,10-11,13H2,1H3.